The van der Waals surface area contributed by atoms with E-state index in [4.69, 9.17) is 5.10 Å². The first-order valence-electron chi connectivity index (χ1n) is 11.0. The van der Waals surface area contributed by atoms with E-state index in [1.807, 2.05) is 66.9 Å². The minimum absolute atomic E-state index is 0.0234. The fourth-order valence-corrected chi connectivity index (χ4v) is 4.63. The first-order valence-corrected chi connectivity index (χ1v) is 12.5. The van der Waals surface area contributed by atoms with Gasteiger partial charge in [0.15, 0.2) is 0 Å². The van der Waals surface area contributed by atoms with Gasteiger partial charge in [-0.3, -0.25) is 4.79 Å². The quantitative estimate of drug-likeness (QED) is 0.383. The molecule has 1 aromatic heterocycles. The predicted molar refractivity (Wildman–Crippen MR) is 132 cm³/mol. The lowest BCUT2D eigenvalue weighted by atomic mass is 10.1. The van der Waals surface area contributed by atoms with Gasteiger partial charge in [-0.05, 0) is 36.4 Å². The van der Waals surface area contributed by atoms with Crippen molar-refractivity contribution in [3.05, 3.63) is 103 Å². The molecule has 4 rings (SSSR count). The molecule has 35 heavy (non-hydrogen) atoms. The van der Waals surface area contributed by atoms with E-state index in [1.165, 1.54) is 12.1 Å². The monoisotopic (exact) mass is 492 g/mol. The number of nitrogens with one attached hydrogen (secondary N) is 1. The summed E-state index contributed by atoms with van der Waals surface area (Å²) in [7, 11) is -2.16. The van der Waals surface area contributed by atoms with Crippen LogP contribution in [0.15, 0.2) is 96.0 Å². The lowest BCUT2D eigenvalue weighted by molar-refractivity contribution is -0.130. The standard InChI is InChI=1S/C26H25FN4O3S/c1-30(25(32)16-17-28-35(33,34)24-14-12-22(27)13-15-24)18-21-19-31(23-10-6-3-7-11-23)29-26(21)20-8-4-2-5-9-20/h2-15,19,28H,16-18H2,1H3. The molecular formula is C26H25FN4O3S. The summed E-state index contributed by atoms with van der Waals surface area (Å²) in [5.74, 6) is -0.746. The zero-order chi connectivity index (χ0) is 24.8. The Kier molecular flexibility index (Phi) is 7.38. The largest absolute Gasteiger partial charge is 0.341 e. The highest BCUT2D eigenvalue weighted by atomic mass is 32.2. The Balaban J connectivity index is 1.45. The van der Waals surface area contributed by atoms with E-state index in [2.05, 4.69) is 4.72 Å². The molecule has 1 amide bonds. The molecule has 3 aromatic carbocycles. The van der Waals surface area contributed by atoms with Crippen LogP contribution in [0.1, 0.15) is 12.0 Å². The minimum atomic E-state index is -3.83. The number of nitrogens with zero attached hydrogens (tertiary/aromatic N) is 3. The van der Waals surface area contributed by atoms with Crippen LogP contribution in [0.4, 0.5) is 4.39 Å². The van der Waals surface area contributed by atoms with Crippen molar-refractivity contribution in [3.8, 4) is 16.9 Å². The van der Waals surface area contributed by atoms with Crippen molar-refractivity contribution >= 4 is 15.9 Å². The number of hydrogen-bond donors (Lipinski definition) is 1. The molecule has 0 spiro atoms. The van der Waals surface area contributed by atoms with Crippen molar-refractivity contribution in [2.24, 2.45) is 0 Å². The third kappa shape index (κ3) is 6.00. The summed E-state index contributed by atoms with van der Waals surface area (Å²) in [6, 6.07) is 23.9. The maximum atomic E-state index is 13.1. The molecule has 0 aliphatic carbocycles. The number of aromatic nitrogens is 2. The van der Waals surface area contributed by atoms with E-state index >= 15 is 0 Å². The highest BCUT2D eigenvalue weighted by molar-refractivity contribution is 7.89. The van der Waals surface area contributed by atoms with Gasteiger partial charge in [0.2, 0.25) is 15.9 Å². The number of halogens is 1. The fourth-order valence-electron chi connectivity index (χ4n) is 3.60. The van der Waals surface area contributed by atoms with Gasteiger partial charge in [-0.1, -0.05) is 48.5 Å². The van der Waals surface area contributed by atoms with Crippen LogP contribution in [0, 0.1) is 5.82 Å². The van der Waals surface area contributed by atoms with Gasteiger partial charge in [-0.2, -0.15) is 5.10 Å². The summed E-state index contributed by atoms with van der Waals surface area (Å²) in [5, 5.41) is 4.76. The molecule has 0 fully saturated rings. The Labute approximate surface area is 203 Å². The van der Waals surface area contributed by atoms with Gasteiger partial charge in [0.05, 0.1) is 16.3 Å². The summed E-state index contributed by atoms with van der Waals surface area (Å²) < 4.78 is 42.0. The Morgan fingerprint density at radius 3 is 2.26 bits per heavy atom. The Bertz CT molecular complexity index is 1390. The molecule has 4 aromatic rings. The third-order valence-corrected chi connectivity index (χ3v) is 6.92. The first-order chi connectivity index (χ1) is 16.8. The SMILES string of the molecule is CN(Cc1cn(-c2ccccc2)nc1-c1ccccc1)C(=O)CCNS(=O)(=O)c1ccc(F)cc1. The predicted octanol–water partition coefficient (Wildman–Crippen LogP) is 4.01. The number of benzene rings is 3. The van der Waals surface area contributed by atoms with Crippen molar-refractivity contribution in [1.82, 2.24) is 19.4 Å². The summed E-state index contributed by atoms with van der Waals surface area (Å²) in [6.45, 7) is 0.234. The Hall–Kier alpha value is -3.82. The van der Waals surface area contributed by atoms with Gasteiger partial charge >= 0.3 is 0 Å². The van der Waals surface area contributed by atoms with Crippen LogP contribution < -0.4 is 4.72 Å². The lowest BCUT2D eigenvalue weighted by Gasteiger charge is -2.17. The molecular weight excluding hydrogens is 467 g/mol. The number of sulfonamides is 1. The number of carbonyl (C=O) groups excluding carboxylic acids is 1. The second kappa shape index (κ2) is 10.6. The van der Waals surface area contributed by atoms with E-state index in [1.54, 1.807) is 16.6 Å². The molecule has 0 saturated carbocycles. The molecule has 0 radical (unpaired) electrons. The van der Waals surface area contributed by atoms with Gasteiger partial charge < -0.3 is 4.90 Å². The minimum Gasteiger partial charge on any atom is -0.341 e. The fraction of sp³-hybridized carbons (Fsp3) is 0.154. The van der Waals surface area contributed by atoms with Crippen LogP contribution in [-0.2, 0) is 21.4 Å². The molecule has 0 unspecified atom stereocenters. The second-order valence-electron chi connectivity index (χ2n) is 8.00. The van der Waals surface area contributed by atoms with E-state index in [0.29, 0.717) is 6.54 Å². The third-order valence-electron chi connectivity index (χ3n) is 5.45. The summed E-state index contributed by atoms with van der Waals surface area (Å²) in [5.41, 5.74) is 3.47. The smallest absolute Gasteiger partial charge is 0.240 e. The van der Waals surface area contributed by atoms with Crippen molar-refractivity contribution in [2.75, 3.05) is 13.6 Å². The molecule has 180 valence electrons. The van der Waals surface area contributed by atoms with Crippen molar-refractivity contribution in [3.63, 3.8) is 0 Å². The first kappa shape index (κ1) is 24.3. The number of carbonyl (C=O) groups is 1. The van der Waals surface area contributed by atoms with Gasteiger partial charge in [-0.25, -0.2) is 22.2 Å². The molecule has 0 aliphatic heterocycles. The molecule has 0 bridgehead atoms. The Morgan fingerprint density at radius 1 is 0.971 bits per heavy atom. The number of rotatable bonds is 9. The summed E-state index contributed by atoms with van der Waals surface area (Å²) in [4.78, 5) is 14.2. The van der Waals surface area contributed by atoms with Crippen molar-refractivity contribution in [2.45, 2.75) is 17.9 Å². The number of hydrogen-bond acceptors (Lipinski definition) is 4. The van der Waals surface area contributed by atoms with Gasteiger partial charge in [0.1, 0.15) is 5.82 Å². The zero-order valence-electron chi connectivity index (χ0n) is 19.1. The highest BCUT2D eigenvalue weighted by Gasteiger charge is 2.18. The number of para-hydroxylation sites is 1. The van der Waals surface area contributed by atoms with Gasteiger partial charge in [0.25, 0.3) is 0 Å². The molecule has 0 aliphatic rings. The molecule has 9 heteroatoms. The molecule has 0 atom stereocenters. The van der Waals surface area contributed by atoms with Crippen LogP contribution in [0.3, 0.4) is 0 Å². The second-order valence-corrected chi connectivity index (χ2v) is 9.77. The maximum absolute atomic E-state index is 13.1. The highest BCUT2D eigenvalue weighted by Crippen LogP contribution is 2.24. The Morgan fingerprint density at radius 2 is 1.60 bits per heavy atom. The molecule has 1 N–H and O–H groups in total. The lowest BCUT2D eigenvalue weighted by Crippen LogP contribution is -2.32. The van der Waals surface area contributed by atoms with E-state index < -0.39 is 15.8 Å². The summed E-state index contributed by atoms with van der Waals surface area (Å²) >= 11 is 0. The van der Waals surface area contributed by atoms with Crippen LogP contribution in [0.5, 0.6) is 0 Å². The van der Waals surface area contributed by atoms with Crippen LogP contribution >= 0.6 is 0 Å². The summed E-state index contributed by atoms with van der Waals surface area (Å²) in [6.07, 6.45) is 1.88. The van der Waals surface area contributed by atoms with Gasteiger partial charge in [-0.15, -0.1) is 0 Å². The molecule has 0 saturated heterocycles. The zero-order valence-corrected chi connectivity index (χ0v) is 20.0. The van der Waals surface area contributed by atoms with Crippen LogP contribution in [0.2, 0.25) is 0 Å². The number of amides is 1. The van der Waals surface area contributed by atoms with Gasteiger partial charge in [0, 0.05) is 43.9 Å². The van der Waals surface area contributed by atoms with E-state index in [-0.39, 0.29) is 23.8 Å². The van der Waals surface area contributed by atoms with Crippen molar-refractivity contribution in [1.29, 1.82) is 0 Å². The van der Waals surface area contributed by atoms with E-state index in [0.717, 1.165) is 34.6 Å². The molecule has 1 heterocycles. The topological polar surface area (TPSA) is 84.3 Å². The normalized spacial score (nSPS) is 11.4. The van der Waals surface area contributed by atoms with Crippen LogP contribution in [-0.4, -0.2) is 42.6 Å². The maximum Gasteiger partial charge on any atom is 0.240 e. The molecule has 7 nitrogen and oxygen atoms in total. The van der Waals surface area contributed by atoms with E-state index in [9.17, 15) is 17.6 Å². The van der Waals surface area contributed by atoms with Crippen LogP contribution in [0.25, 0.3) is 16.9 Å². The van der Waals surface area contributed by atoms with Crippen molar-refractivity contribution < 1.29 is 17.6 Å². The average Bonchev–Trinajstić information content (AvgIpc) is 3.29. The average molecular weight is 493 g/mol.